The number of ether oxygens (including phenoxy) is 2. The van der Waals surface area contributed by atoms with Gasteiger partial charge in [0.25, 0.3) is 0 Å². The summed E-state index contributed by atoms with van der Waals surface area (Å²) in [5.74, 6) is 1.20. The van der Waals surface area contributed by atoms with Gasteiger partial charge in [0.2, 0.25) is 5.88 Å². The molecule has 1 spiro atoms. The summed E-state index contributed by atoms with van der Waals surface area (Å²) in [6.45, 7) is 4.17. The zero-order valence-electron chi connectivity index (χ0n) is 25.6. The van der Waals surface area contributed by atoms with Crippen LogP contribution in [0, 0.1) is 11.3 Å². The van der Waals surface area contributed by atoms with Gasteiger partial charge in [0, 0.05) is 30.4 Å². The lowest BCUT2D eigenvalue weighted by molar-refractivity contribution is 0.0513. The maximum absolute atomic E-state index is 14.3. The van der Waals surface area contributed by atoms with Gasteiger partial charge in [-0.2, -0.15) is 5.26 Å². The minimum Gasteiger partial charge on any atom is -0.471 e. The van der Waals surface area contributed by atoms with Gasteiger partial charge in [-0.25, -0.2) is 14.4 Å². The lowest BCUT2D eigenvalue weighted by Crippen LogP contribution is -2.38. The molecule has 4 aliphatic rings. The zero-order chi connectivity index (χ0) is 30.9. The number of alkyl halides is 1. The van der Waals surface area contributed by atoms with Crippen LogP contribution in [0.3, 0.4) is 0 Å². The summed E-state index contributed by atoms with van der Waals surface area (Å²) in [4.78, 5) is 11.8. The van der Waals surface area contributed by atoms with E-state index in [2.05, 4.69) is 21.1 Å². The van der Waals surface area contributed by atoms with Gasteiger partial charge in [-0.1, -0.05) is 11.2 Å². The number of imidazole rings is 1. The Labute approximate surface area is 260 Å². The predicted molar refractivity (Wildman–Crippen MR) is 165 cm³/mol. The number of nitrogens with two attached hydrogens (primary N) is 1. The van der Waals surface area contributed by atoms with E-state index in [4.69, 9.17) is 29.7 Å². The summed E-state index contributed by atoms with van der Waals surface area (Å²) < 4.78 is 34.9. The molecule has 12 heteroatoms. The SMILES string of the molecule is CC(Oc1nc(-c2noc3c2CCCC32CCc3ccc(N)c(C#N)c32)cc2c1ncn2C1CNCOC1)C1CC(F)CN1C. The number of benzene rings is 1. The molecular weight excluding hydrogens is 575 g/mol. The van der Waals surface area contributed by atoms with Crippen LogP contribution in [0.1, 0.15) is 66.7 Å². The van der Waals surface area contributed by atoms with Gasteiger partial charge in [-0.3, -0.25) is 10.2 Å². The number of hydrogen-bond donors (Lipinski definition) is 2. The second-order valence-electron chi connectivity index (χ2n) is 13.1. The van der Waals surface area contributed by atoms with Gasteiger partial charge in [0.05, 0.1) is 47.9 Å². The number of aromatic nitrogens is 4. The van der Waals surface area contributed by atoms with Crippen molar-refractivity contribution in [1.29, 1.82) is 5.26 Å². The summed E-state index contributed by atoms with van der Waals surface area (Å²) in [7, 11) is 1.93. The van der Waals surface area contributed by atoms with E-state index in [1.807, 2.05) is 43.4 Å². The van der Waals surface area contributed by atoms with Gasteiger partial charge >= 0.3 is 0 Å². The fourth-order valence-corrected chi connectivity index (χ4v) is 8.28. The molecule has 5 unspecified atom stereocenters. The Balaban J connectivity index is 1.25. The number of rotatable bonds is 5. The van der Waals surface area contributed by atoms with Gasteiger partial charge in [-0.15, -0.1) is 0 Å². The van der Waals surface area contributed by atoms with Crippen LogP contribution in [-0.4, -0.2) is 76.4 Å². The van der Waals surface area contributed by atoms with Crippen molar-refractivity contribution in [2.75, 3.05) is 39.2 Å². The number of pyridine rings is 1. The molecule has 2 aliphatic heterocycles. The van der Waals surface area contributed by atoms with Crippen LogP contribution >= 0.6 is 0 Å². The number of anilines is 1. The van der Waals surface area contributed by atoms with Crippen molar-refractivity contribution < 1.29 is 18.4 Å². The van der Waals surface area contributed by atoms with Crippen molar-refractivity contribution in [2.45, 2.75) is 75.2 Å². The Kier molecular flexibility index (Phi) is 6.82. The third-order valence-corrected chi connectivity index (χ3v) is 10.4. The topological polar surface area (TPSA) is 140 Å². The van der Waals surface area contributed by atoms with Crippen molar-refractivity contribution in [1.82, 2.24) is 29.9 Å². The first-order chi connectivity index (χ1) is 21.9. The molecule has 4 aromatic rings. The summed E-state index contributed by atoms with van der Waals surface area (Å²) >= 11 is 0. The largest absolute Gasteiger partial charge is 0.471 e. The Morgan fingerprint density at radius 2 is 2.18 bits per heavy atom. The van der Waals surface area contributed by atoms with Crippen LogP contribution in [-0.2, 0) is 23.0 Å². The van der Waals surface area contributed by atoms with E-state index in [9.17, 15) is 9.65 Å². The molecule has 234 valence electrons. The number of halogens is 1. The number of aryl methyl sites for hydroxylation is 1. The molecule has 2 saturated heterocycles. The Hall–Kier alpha value is -4.05. The van der Waals surface area contributed by atoms with Crippen LogP contribution in [0.4, 0.5) is 10.1 Å². The fraction of sp³-hybridized carbons (Fsp3) is 0.515. The minimum atomic E-state index is -0.880. The number of nitrogens with zero attached hydrogens (tertiary/aromatic N) is 6. The van der Waals surface area contributed by atoms with Gasteiger partial charge < -0.3 is 24.3 Å². The molecule has 3 aromatic heterocycles. The van der Waals surface area contributed by atoms with Gasteiger partial charge in [-0.05, 0) is 75.8 Å². The highest BCUT2D eigenvalue weighted by Gasteiger charge is 2.49. The molecule has 0 bridgehead atoms. The minimum absolute atomic E-state index is 0.0388. The van der Waals surface area contributed by atoms with Crippen molar-refractivity contribution in [3.8, 4) is 23.3 Å². The standard InChI is InChI=1S/C33H37FN8O3/c1-18(26-10-20(34)14-41(26)2)44-32-30-27(42(16-38-30)21-13-37-17-43-15-21)11-25(39-32)29-22-4-3-8-33(31(22)45-40-29)9-7-19-5-6-24(36)23(12-35)28(19)33/h5-6,11,16,18,20-21,26,37H,3-4,7-10,13-15,17,36H2,1-2H3. The molecule has 0 amide bonds. The fourth-order valence-electron chi connectivity index (χ4n) is 8.28. The molecule has 0 radical (unpaired) electrons. The van der Waals surface area contributed by atoms with Crippen LogP contribution in [0.15, 0.2) is 29.0 Å². The van der Waals surface area contributed by atoms with Gasteiger partial charge in [0.15, 0.2) is 11.3 Å². The van der Waals surface area contributed by atoms with E-state index >= 15 is 0 Å². The number of nitriles is 1. The average Bonchev–Trinajstić information content (AvgIpc) is 3.83. The molecule has 3 N–H and O–H groups in total. The van der Waals surface area contributed by atoms with E-state index < -0.39 is 11.6 Å². The first kappa shape index (κ1) is 28.4. The van der Waals surface area contributed by atoms with Crippen LogP contribution < -0.4 is 15.8 Å². The molecule has 5 atom stereocenters. The van der Waals surface area contributed by atoms with Crippen molar-refractivity contribution in [2.24, 2.45) is 0 Å². The first-order valence-corrected chi connectivity index (χ1v) is 15.9. The number of likely N-dealkylation sites (N-methyl/N-ethyl adjacent to an activating group) is 1. The maximum Gasteiger partial charge on any atom is 0.243 e. The highest BCUT2D eigenvalue weighted by atomic mass is 19.1. The summed E-state index contributed by atoms with van der Waals surface area (Å²) in [5, 5.41) is 18.1. The van der Waals surface area contributed by atoms with Crippen molar-refractivity contribution >= 4 is 16.7 Å². The predicted octanol–water partition coefficient (Wildman–Crippen LogP) is 4.04. The third-order valence-electron chi connectivity index (χ3n) is 10.4. The van der Waals surface area contributed by atoms with E-state index in [0.29, 0.717) is 60.3 Å². The third kappa shape index (κ3) is 4.43. The highest BCUT2D eigenvalue weighted by molar-refractivity contribution is 5.85. The zero-order valence-corrected chi connectivity index (χ0v) is 25.6. The van der Waals surface area contributed by atoms with Crippen LogP contribution in [0.5, 0.6) is 5.88 Å². The number of hydrogen-bond acceptors (Lipinski definition) is 10. The molecule has 0 saturated carbocycles. The quantitative estimate of drug-likeness (QED) is 0.318. The molecule has 2 fully saturated rings. The second kappa shape index (κ2) is 10.8. The van der Waals surface area contributed by atoms with Gasteiger partial charge in [0.1, 0.15) is 24.0 Å². The van der Waals surface area contributed by atoms with Crippen molar-refractivity contribution in [3.05, 3.63) is 52.5 Å². The number of nitrogen functional groups attached to an aromatic ring is 1. The summed E-state index contributed by atoms with van der Waals surface area (Å²) in [6.07, 6.45) is 5.29. The van der Waals surface area contributed by atoms with Crippen LogP contribution in [0.25, 0.3) is 22.4 Å². The molecule has 2 aliphatic carbocycles. The molecule has 1 aromatic carbocycles. The average molecular weight is 613 g/mol. The van der Waals surface area contributed by atoms with E-state index in [0.717, 1.165) is 66.6 Å². The number of nitrogens with one attached hydrogen (secondary N) is 1. The first-order valence-electron chi connectivity index (χ1n) is 15.9. The number of likely N-dealkylation sites (tertiary alicyclic amines) is 1. The summed E-state index contributed by atoms with van der Waals surface area (Å²) in [5.41, 5.74) is 12.8. The smallest absolute Gasteiger partial charge is 0.243 e. The highest BCUT2D eigenvalue weighted by Crippen LogP contribution is 2.54. The van der Waals surface area contributed by atoms with E-state index in [-0.39, 0.29) is 18.2 Å². The lowest BCUT2D eigenvalue weighted by atomic mass is 9.68. The molecule has 5 heterocycles. The van der Waals surface area contributed by atoms with E-state index in [1.165, 1.54) is 0 Å². The lowest BCUT2D eigenvalue weighted by Gasteiger charge is -2.33. The number of fused-ring (bicyclic) bond motifs is 5. The molecule has 8 rings (SSSR count). The Morgan fingerprint density at radius 3 is 2.96 bits per heavy atom. The maximum atomic E-state index is 14.3. The molecule has 45 heavy (non-hydrogen) atoms. The van der Waals surface area contributed by atoms with Crippen molar-refractivity contribution in [3.63, 3.8) is 0 Å². The summed E-state index contributed by atoms with van der Waals surface area (Å²) in [6, 6.07) is 8.22. The normalized spacial score (nSPS) is 27.0. The van der Waals surface area contributed by atoms with Crippen LogP contribution in [0.2, 0.25) is 0 Å². The molecule has 11 nitrogen and oxygen atoms in total. The second-order valence-corrected chi connectivity index (χ2v) is 13.1. The van der Waals surface area contributed by atoms with E-state index in [1.54, 1.807) is 0 Å². The Morgan fingerprint density at radius 1 is 1.29 bits per heavy atom. The Bertz CT molecular complexity index is 1820. The monoisotopic (exact) mass is 612 g/mol. The molecular formula is C33H37FN8O3.